The lowest BCUT2D eigenvalue weighted by Crippen LogP contribution is -2.36. The van der Waals surface area contributed by atoms with Gasteiger partial charge in [-0.2, -0.15) is 0 Å². The van der Waals surface area contributed by atoms with Gasteiger partial charge in [0.25, 0.3) is 0 Å². The van der Waals surface area contributed by atoms with E-state index in [4.69, 9.17) is 0 Å². The molecule has 1 N–H and O–H groups in total. The van der Waals surface area contributed by atoms with Crippen molar-refractivity contribution in [1.29, 1.82) is 0 Å². The Labute approximate surface area is 101 Å². The van der Waals surface area contributed by atoms with Crippen LogP contribution >= 0.6 is 0 Å². The highest BCUT2D eigenvalue weighted by Gasteiger charge is 2.38. The van der Waals surface area contributed by atoms with E-state index in [0.29, 0.717) is 0 Å². The van der Waals surface area contributed by atoms with E-state index in [1.807, 2.05) is 0 Å². The Bertz CT molecular complexity index is 202. The summed E-state index contributed by atoms with van der Waals surface area (Å²) in [5.74, 6) is 2.79. The van der Waals surface area contributed by atoms with Gasteiger partial charge in [0, 0.05) is 19.1 Å². The van der Waals surface area contributed by atoms with Gasteiger partial charge in [0.1, 0.15) is 0 Å². The molecule has 2 aliphatic rings. The second-order valence-corrected chi connectivity index (χ2v) is 5.94. The number of nitrogens with one attached hydrogen (secondary N) is 1. The average Bonchev–Trinajstić information content (AvgIpc) is 2.85. The van der Waals surface area contributed by atoms with E-state index in [0.717, 1.165) is 23.8 Å². The molecule has 94 valence electrons. The van der Waals surface area contributed by atoms with Crippen LogP contribution in [0.1, 0.15) is 40.0 Å². The fraction of sp³-hybridized carbons (Fsp3) is 1.00. The fourth-order valence-electron chi connectivity index (χ4n) is 3.39. The van der Waals surface area contributed by atoms with Crippen molar-refractivity contribution in [3.05, 3.63) is 0 Å². The first-order chi connectivity index (χ1) is 7.74. The summed E-state index contributed by atoms with van der Waals surface area (Å²) in [7, 11) is 0. The van der Waals surface area contributed by atoms with E-state index in [1.165, 1.54) is 45.4 Å². The molecule has 0 aromatic carbocycles. The second-order valence-electron chi connectivity index (χ2n) is 5.94. The molecular weight excluding hydrogens is 196 g/mol. The van der Waals surface area contributed by atoms with Crippen LogP contribution in [0.25, 0.3) is 0 Å². The van der Waals surface area contributed by atoms with E-state index in [-0.39, 0.29) is 0 Å². The zero-order valence-electron chi connectivity index (χ0n) is 11.2. The Morgan fingerprint density at radius 2 is 1.75 bits per heavy atom. The lowest BCUT2D eigenvalue weighted by molar-refractivity contribution is 0.189. The van der Waals surface area contributed by atoms with Gasteiger partial charge >= 0.3 is 0 Å². The van der Waals surface area contributed by atoms with Gasteiger partial charge in [0.05, 0.1) is 0 Å². The summed E-state index contributed by atoms with van der Waals surface area (Å²) < 4.78 is 0. The topological polar surface area (TPSA) is 15.3 Å². The number of nitrogens with zero attached hydrogens (tertiary/aromatic N) is 1. The van der Waals surface area contributed by atoms with Gasteiger partial charge < -0.3 is 5.32 Å². The summed E-state index contributed by atoms with van der Waals surface area (Å²) in [5, 5.41) is 3.53. The molecule has 2 heteroatoms. The van der Waals surface area contributed by atoms with Crippen LogP contribution in [0.5, 0.6) is 0 Å². The lowest BCUT2D eigenvalue weighted by Gasteiger charge is -2.29. The molecule has 0 saturated carbocycles. The molecule has 0 aromatic rings. The summed E-state index contributed by atoms with van der Waals surface area (Å²) in [6.45, 7) is 12.3. The van der Waals surface area contributed by atoms with E-state index < -0.39 is 0 Å². The maximum atomic E-state index is 3.53. The van der Waals surface area contributed by atoms with E-state index in [1.54, 1.807) is 0 Å². The highest BCUT2D eigenvalue weighted by atomic mass is 15.2. The van der Waals surface area contributed by atoms with Crippen molar-refractivity contribution in [2.75, 3.05) is 26.2 Å². The minimum Gasteiger partial charge on any atom is -0.316 e. The van der Waals surface area contributed by atoms with Crippen molar-refractivity contribution >= 4 is 0 Å². The molecule has 2 heterocycles. The van der Waals surface area contributed by atoms with Crippen LogP contribution in [0, 0.1) is 17.8 Å². The number of hydrogen-bond donors (Lipinski definition) is 1. The third-order valence-electron chi connectivity index (χ3n) is 4.78. The number of fused-ring (bicyclic) bond motifs is 1. The summed E-state index contributed by atoms with van der Waals surface area (Å²) in [6, 6.07) is 0.848. The summed E-state index contributed by atoms with van der Waals surface area (Å²) in [6.07, 6.45) is 4.07. The van der Waals surface area contributed by atoms with Crippen LogP contribution in [0.3, 0.4) is 0 Å². The third-order valence-corrected chi connectivity index (χ3v) is 4.78. The van der Waals surface area contributed by atoms with Gasteiger partial charge in [-0.05, 0) is 43.7 Å². The van der Waals surface area contributed by atoms with Crippen molar-refractivity contribution in [2.24, 2.45) is 17.8 Å². The second kappa shape index (κ2) is 5.50. The van der Waals surface area contributed by atoms with Crippen LogP contribution in [-0.4, -0.2) is 37.1 Å². The number of likely N-dealkylation sites (tertiary alicyclic amines) is 1. The average molecular weight is 224 g/mol. The molecule has 4 atom stereocenters. The van der Waals surface area contributed by atoms with Crippen LogP contribution < -0.4 is 5.32 Å². The molecule has 2 saturated heterocycles. The molecule has 0 aromatic heterocycles. The molecular formula is C14H28N2. The monoisotopic (exact) mass is 224 g/mol. The maximum Gasteiger partial charge on any atom is 0.00954 e. The van der Waals surface area contributed by atoms with Crippen molar-refractivity contribution in [1.82, 2.24) is 10.2 Å². The highest BCUT2D eigenvalue weighted by Crippen LogP contribution is 2.30. The summed E-state index contributed by atoms with van der Waals surface area (Å²) in [4.78, 5) is 2.78. The predicted molar refractivity (Wildman–Crippen MR) is 69.6 cm³/mol. The molecule has 2 rings (SSSR count). The van der Waals surface area contributed by atoms with Crippen LogP contribution in [-0.2, 0) is 0 Å². The van der Waals surface area contributed by atoms with Crippen LogP contribution in [0.15, 0.2) is 0 Å². The third kappa shape index (κ3) is 2.60. The number of hydrogen-bond acceptors (Lipinski definition) is 2. The SMILES string of the molecule is CCC(C)CC(CC)N1CC2CNCC2C1. The molecule has 16 heavy (non-hydrogen) atoms. The zero-order chi connectivity index (χ0) is 11.5. The molecule has 0 amide bonds. The molecule has 4 unspecified atom stereocenters. The molecule has 0 radical (unpaired) electrons. The standard InChI is InChI=1S/C14H28N2/c1-4-11(3)6-14(5-2)16-9-12-7-15-8-13(12)10-16/h11-15H,4-10H2,1-3H3. The van der Waals surface area contributed by atoms with Gasteiger partial charge in [-0.25, -0.2) is 0 Å². The van der Waals surface area contributed by atoms with Gasteiger partial charge in [0.15, 0.2) is 0 Å². The van der Waals surface area contributed by atoms with Crippen molar-refractivity contribution in [2.45, 2.75) is 46.1 Å². The van der Waals surface area contributed by atoms with E-state index >= 15 is 0 Å². The largest absolute Gasteiger partial charge is 0.316 e. The predicted octanol–water partition coefficient (Wildman–Crippen LogP) is 2.35. The van der Waals surface area contributed by atoms with Gasteiger partial charge in [-0.15, -0.1) is 0 Å². The number of rotatable bonds is 5. The quantitative estimate of drug-likeness (QED) is 0.771. The van der Waals surface area contributed by atoms with Crippen molar-refractivity contribution in [3.63, 3.8) is 0 Å². The highest BCUT2D eigenvalue weighted by molar-refractivity contribution is 4.93. The minimum atomic E-state index is 0.848. The summed E-state index contributed by atoms with van der Waals surface area (Å²) >= 11 is 0. The van der Waals surface area contributed by atoms with Crippen molar-refractivity contribution in [3.8, 4) is 0 Å². The Balaban J connectivity index is 1.86. The van der Waals surface area contributed by atoms with Gasteiger partial charge in [0.2, 0.25) is 0 Å². The Kier molecular flexibility index (Phi) is 4.26. The molecule has 2 fully saturated rings. The lowest BCUT2D eigenvalue weighted by atomic mass is 9.97. The molecule has 0 aliphatic carbocycles. The normalized spacial score (nSPS) is 33.9. The first-order valence-corrected chi connectivity index (χ1v) is 7.19. The van der Waals surface area contributed by atoms with E-state index in [9.17, 15) is 0 Å². The molecule has 2 aliphatic heterocycles. The molecule has 2 nitrogen and oxygen atoms in total. The molecule has 0 spiro atoms. The first-order valence-electron chi connectivity index (χ1n) is 7.19. The van der Waals surface area contributed by atoms with E-state index in [2.05, 4.69) is 31.0 Å². The Hall–Kier alpha value is -0.0800. The van der Waals surface area contributed by atoms with Crippen LogP contribution in [0.2, 0.25) is 0 Å². The smallest absolute Gasteiger partial charge is 0.00954 e. The maximum absolute atomic E-state index is 3.53. The Morgan fingerprint density at radius 1 is 1.12 bits per heavy atom. The van der Waals surface area contributed by atoms with Gasteiger partial charge in [-0.1, -0.05) is 27.2 Å². The first kappa shape index (κ1) is 12.4. The van der Waals surface area contributed by atoms with Crippen LogP contribution in [0.4, 0.5) is 0 Å². The molecule has 0 bridgehead atoms. The zero-order valence-corrected chi connectivity index (χ0v) is 11.2. The van der Waals surface area contributed by atoms with Gasteiger partial charge in [-0.3, -0.25) is 4.90 Å². The van der Waals surface area contributed by atoms with Crippen molar-refractivity contribution < 1.29 is 0 Å². The minimum absolute atomic E-state index is 0.848. The fourth-order valence-corrected chi connectivity index (χ4v) is 3.39. The summed E-state index contributed by atoms with van der Waals surface area (Å²) in [5.41, 5.74) is 0. The Morgan fingerprint density at radius 3 is 2.25 bits per heavy atom.